The lowest BCUT2D eigenvalue weighted by Crippen LogP contribution is -2.48. The fraction of sp³-hybridized carbons (Fsp3) is 0.368. The molecule has 1 atom stereocenters. The lowest BCUT2D eigenvalue weighted by Gasteiger charge is -2.44. The normalized spacial score (nSPS) is 18.2. The molecule has 134 valence electrons. The number of hydrogen-bond donors (Lipinski definition) is 0. The van der Waals surface area contributed by atoms with Crippen molar-refractivity contribution >= 4 is 0 Å². The molecule has 1 heterocycles. The molecule has 0 N–H and O–H groups in total. The summed E-state index contributed by atoms with van der Waals surface area (Å²) in [5.41, 5.74) is -1.76. The van der Waals surface area contributed by atoms with Gasteiger partial charge in [0.25, 0.3) is 0 Å². The van der Waals surface area contributed by atoms with Gasteiger partial charge in [0.05, 0.1) is 11.1 Å². The maximum atomic E-state index is 14.6. The zero-order valence-electron chi connectivity index (χ0n) is 13.8. The van der Waals surface area contributed by atoms with E-state index in [4.69, 9.17) is 0 Å². The molecule has 1 nitrogen and oxygen atoms in total. The molecule has 6 heteroatoms. The SMILES string of the molecule is CC(c1ccccc1)(c1c(F)c(F)c(F)c(F)c1F)N1CCCCC1. The van der Waals surface area contributed by atoms with E-state index in [1.165, 1.54) is 6.92 Å². The van der Waals surface area contributed by atoms with Crippen LogP contribution in [0.5, 0.6) is 0 Å². The Hall–Kier alpha value is -1.95. The molecule has 0 radical (unpaired) electrons. The molecule has 1 saturated heterocycles. The van der Waals surface area contributed by atoms with E-state index in [9.17, 15) is 22.0 Å². The number of piperidine rings is 1. The highest BCUT2D eigenvalue weighted by Crippen LogP contribution is 2.41. The number of halogens is 5. The van der Waals surface area contributed by atoms with Gasteiger partial charge < -0.3 is 0 Å². The van der Waals surface area contributed by atoms with Crippen molar-refractivity contribution in [3.8, 4) is 0 Å². The van der Waals surface area contributed by atoms with Gasteiger partial charge in [-0.25, -0.2) is 22.0 Å². The van der Waals surface area contributed by atoms with Gasteiger partial charge in [-0.15, -0.1) is 0 Å². The van der Waals surface area contributed by atoms with E-state index >= 15 is 0 Å². The average molecular weight is 355 g/mol. The van der Waals surface area contributed by atoms with E-state index in [-0.39, 0.29) is 0 Å². The Labute approximate surface area is 143 Å². The summed E-state index contributed by atoms with van der Waals surface area (Å²) in [6, 6.07) is 8.39. The summed E-state index contributed by atoms with van der Waals surface area (Å²) in [6.07, 6.45) is 2.58. The Bertz CT molecular complexity index is 742. The average Bonchev–Trinajstić information content (AvgIpc) is 2.66. The molecule has 2 aromatic carbocycles. The highest BCUT2D eigenvalue weighted by atomic mass is 19.2. The fourth-order valence-electron chi connectivity index (χ4n) is 3.62. The van der Waals surface area contributed by atoms with E-state index in [0.29, 0.717) is 18.7 Å². The predicted molar refractivity (Wildman–Crippen MR) is 84.6 cm³/mol. The number of rotatable bonds is 3. The van der Waals surface area contributed by atoms with Crippen LogP contribution in [0.1, 0.15) is 37.3 Å². The molecule has 0 amide bonds. The summed E-state index contributed by atoms with van der Waals surface area (Å²) in [5.74, 6) is -9.49. The van der Waals surface area contributed by atoms with Crippen LogP contribution in [0.2, 0.25) is 0 Å². The van der Waals surface area contributed by atoms with E-state index in [1.54, 1.807) is 35.2 Å². The van der Waals surface area contributed by atoms with Crippen molar-refractivity contribution in [2.45, 2.75) is 31.7 Å². The van der Waals surface area contributed by atoms with Crippen molar-refractivity contribution in [1.29, 1.82) is 0 Å². The minimum atomic E-state index is -2.13. The summed E-state index contributed by atoms with van der Waals surface area (Å²) in [4.78, 5) is 1.80. The van der Waals surface area contributed by atoms with Crippen LogP contribution in [0.4, 0.5) is 22.0 Å². The number of benzene rings is 2. The van der Waals surface area contributed by atoms with Crippen molar-refractivity contribution < 1.29 is 22.0 Å². The summed E-state index contributed by atoms with van der Waals surface area (Å²) in [5, 5.41) is 0. The van der Waals surface area contributed by atoms with Gasteiger partial charge in [0, 0.05) is 0 Å². The van der Waals surface area contributed by atoms with Crippen molar-refractivity contribution in [3.05, 3.63) is 70.5 Å². The molecule has 0 aliphatic carbocycles. The molecule has 2 aromatic rings. The Morgan fingerprint density at radius 3 is 1.72 bits per heavy atom. The Morgan fingerprint density at radius 2 is 1.20 bits per heavy atom. The third kappa shape index (κ3) is 2.82. The van der Waals surface area contributed by atoms with Crippen molar-refractivity contribution in [2.24, 2.45) is 0 Å². The van der Waals surface area contributed by atoms with Gasteiger partial charge in [0.1, 0.15) is 0 Å². The van der Waals surface area contributed by atoms with Gasteiger partial charge in [-0.1, -0.05) is 36.8 Å². The summed E-state index contributed by atoms with van der Waals surface area (Å²) < 4.78 is 70.3. The largest absolute Gasteiger partial charge is 0.290 e. The molecule has 1 fully saturated rings. The molecule has 1 aliphatic heterocycles. The van der Waals surface area contributed by atoms with Crippen LogP contribution in [0.15, 0.2) is 30.3 Å². The molecular weight excluding hydrogens is 337 g/mol. The second-order valence-electron chi connectivity index (χ2n) is 6.43. The molecule has 0 saturated carbocycles. The zero-order chi connectivity index (χ0) is 18.2. The summed E-state index contributed by atoms with van der Waals surface area (Å²) in [6.45, 7) is 2.56. The summed E-state index contributed by atoms with van der Waals surface area (Å²) >= 11 is 0. The molecule has 0 aromatic heterocycles. The van der Waals surface area contributed by atoms with E-state index in [2.05, 4.69) is 0 Å². The topological polar surface area (TPSA) is 3.24 Å². The first-order valence-corrected chi connectivity index (χ1v) is 8.21. The first kappa shape index (κ1) is 17.9. The van der Waals surface area contributed by atoms with Gasteiger partial charge in [0.15, 0.2) is 23.3 Å². The van der Waals surface area contributed by atoms with Gasteiger partial charge >= 0.3 is 0 Å². The van der Waals surface area contributed by atoms with Crippen molar-refractivity contribution in [1.82, 2.24) is 4.90 Å². The van der Waals surface area contributed by atoms with Gasteiger partial charge in [-0.3, -0.25) is 4.90 Å². The molecule has 1 unspecified atom stereocenters. The van der Waals surface area contributed by atoms with Crippen molar-refractivity contribution in [2.75, 3.05) is 13.1 Å². The van der Waals surface area contributed by atoms with Crippen LogP contribution in [0, 0.1) is 29.1 Å². The Morgan fingerprint density at radius 1 is 0.720 bits per heavy atom. The second kappa shape index (κ2) is 6.75. The van der Waals surface area contributed by atoms with Crippen LogP contribution in [0.25, 0.3) is 0 Å². The molecule has 25 heavy (non-hydrogen) atoms. The van der Waals surface area contributed by atoms with Crippen LogP contribution in [-0.4, -0.2) is 18.0 Å². The summed E-state index contributed by atoms with van der Waals surface area (Å²) in [7, 11) is 0. The van der Waals surface area contributed by atoms with Crippen molar-refractivity contribution in [3.63, 3.8) is 0 Å². The number of likely N-dealkylation sites (tertiary alicyclic amines) is 1. The monoisotopic (exact) mass is 355 g/mol. The Balaban J connectivity index is 2.30. The van der Waals surface area contributed by atoms with E-state index in [0.717, 1.165) is 19.3 Å². The third-order valence-corrected chi connectivity index (χ3v) is 5.02. The standard InChI is InChI=1S/C19H18F5N/c1-19(12-8-4-2-5-9-12,25-10-6-3-7-11-25)13-14(20)16(22)18(24)17(23)15(13)21/h2,4-5,8-9H,3,6-7,10-11H2,1H3. The minimum absolute atomic E-state index is 0.486. The molecule has 0 spiro atoms. The van der Waals surface area contributed by atoms with Gasteiger partial charge in [0.2, 0.25) is 5.82 Å². The predicted octanol–water partition coefficient (Wildman–Crippen LogP) is 5.13. The maximum absolute atomic E-state index is 14.6. The molecule has 0 bridgehead atoms. The quantitative estimate of drug-likeness (QED) is 0.419. The maximum Gasteiger partial charge on any atom is 0.200 e. The highest BCUT2D eigenvalue weighted by molar-refractivity contribution is 5.40. The fourth-order valence-corrected chi connectivity index (χ4v) is 3.62. The second-order valence-corrected chi connectivity index (χ2v) is 6.43. The van der Waals surface area contributed by atoms with Crippen LogP contribution in [-0.2, 0) is 5.54 Å². The third-order valence-electron chi connectivity index (χ3n) is 5.02. The van der Waals surface area contributed by atoms with Crippen LogP contribution < -0.4 is 0 Å². The van der Waals surface area contributed by atoms with Gasteiger partial charge in [-0.2, -0.15) is 0 Å². The number of nitrogens with zero attached hydrogens (tertiary/aromatic N) is 1. The first-order valence-electron chi connectivity index (χ1n) is 8.21. The van der Waals surface area contributed by atoms with E-state index in [1.807, 2.05) is 0 Å². The lowest BCUT2D eigenvalue weighted by atomic mass is 9.80. The molecular formula is C19H18F5N. The smallest absolute Gasteiger partial charge is 0.200 e. The first-order chi connectivity index (χ1) is 11.9. The van der Waals surface area contributed by atoms with Crippen LogP contribution in [0.3, 0.4) is 0 Å². The molecule has 3 rings (SSSR count). The zero-order valence-corrected chi connectivity index (χ0v) is 13.8. The Kier molecular flexibility index (Phi) is 4.82. The van der Waals surface area contributed by atoms with E-state index < -0.39 is 40.2 Å². The van der Waals surface area contributed by atoms with Crippen LogP contribution >= 0.6 is 0 Å². The number of hydrogen-bond acceptors (Lipinski definition) is 1. The minimum Gasteiger partial charge on any atom is -0.290 e. The highest BCUT2D eigenvalue weighted by Gasteiger charge is 2.43. The lowest BCUT2D eigenvalue weighted by molar-refractivity contribution is 0.102. The molecule has 1 aliphatic rings. The van der Waals surface area contributed by atoms with Gasteiger partial charge in [-0.05, 0) is 38.4 Å².